The number of oxime groups is 1. The predicted octanol–water partition coefficient (Wildman–Crippen LogP) is 1.52. The summed E-state index contributed by atoms with van der Waals surface area (Å²) in [5.74, 6) is -0.0225. The smallest absolute Gasteiger partial charge is 0.224 e. The van der Waals surface area contributed by atoms with Crippen molar-refractivity contribution in [2.24, 2.45) is 10.9 Å². The lowest BCUT2D eigenvalue weighted by Crippen LogP contribution is -2.15. The van der Waals surface area contributed by atoms with Crippen LogP contribution in [-0.4, -0.2) is 17.0 Å². The summed E-state index contributed by atoms with van der Waals surface area (Å²) in [5.41, 5.74) is 6.65. The van der Waals surface area contributed by atoms with Crippen molar-refractivity contribution in [2.45, 2.75) is 19.8 Å². The van der Waals surface area contributed by atoms with Crippen LogP contribution in [-0.2, 0) is 4.79 Å². The second-order valence-electron chi connectivity index (χ2n) is 3.36. The highest BCUT2D eigenvalue weighted by atomic mass is 16.4. The van der Waals surface area contributed by atoms with Crippen molar-refractivity contribution in [1.82, 2.24) is 0 Å². The first-order chi connectivity index (χ1) is 7.67. The van der Waals surface area contributed by atoms with Crippen LogP contribution in [0.1, 0.15) is 25.3 Å². The SMILES string of the molecule is CCCC(=O)Nc1cccc(C(N)=NO)c1. The molecule has 0 heterocycles. The van der Waals surface area contributed by atoms with Gasteiger partial charge < -0.3 is 16.3 Å². The lowest BCUT2D eigenvalue weighted by molar-refractivity contribution is -0.116. The Morgan fingerprint density at radius 3 is 2.94 bits per heavy atom. The molecule has 5 nitrogen and oxygen atoms in total. The molecule has 1 rings (SSSR count). The van der Waals surface area contributed by atoms with Gasteiger partial charge in [0.2, 0.25) is 5.91 Å². The summed E-state index contributed by atoms with van der Waals surface area (Å²) in [6.07, 6.45) is 1.28. The van der Waals surface area contributed by atoms with Gasteiger partial charge in [0.1, 0.15) is 0 Å². The summed E-state index contributed by atoms with van der Waals surface area (Å²) >= 11 is 0. The molecule has 5 heteroatoms. The van der Waals surface area contributed by atoms with Crippen molar-refractivity contribution in [1.29, 1.82) is 0 Å². The van der Waals surface area contributed by atoms with E-state index in [1.807, 2.05) is 6.92 Å². The van der Waals surface area contributed by atoms with E-state index in [-0.39, 0.29) is 11.7 Å². The van der Waals surface area contributed by atoms with Gasteiger partial charge in [-0.2, -0.15) is 0 Å². The maximum absolute atomic E-state index is 11.3. The zero-order valence-corrected chi connectivity index (χ0v) is 9.10. The van der Waals surface area contributed by atoms with Crippen molar-refractivity contribution in [3.63, 3.8) is 0 Å². The van der Waals surface area contributed by atoms with Gasteiger partial charge in [-0.05, 0) is 18.6 Å². The highest BCUT2D eigenvalue weighted by molar-refractivity contribution is 5.99. The van der Waals surface area contributed by atoms with Gasteiger partial charge in [-0.25, -0.2) is 0 Å². The largest absolute Gasteiger partial charge is 0.409 e. The van der Waals surface area contributed by atoms with Gasteiger partial charge >= 0.3 is 0 Å². The molecule has 0 spiro atoms. The van der Waals surface area contributed by atoms with Crippen LogP contribution < -0.4 is 11.1 Å². The van der Waals surface area contributed by atoms with Gasteiger partial charge in [0, 0.05) is 17.7 Å². The average Bonchev–Trinajstić information content (AvgIpc) is 2.28. The second kappa shape index (κ2) is 5.75. The second-order valence-corrected chi connectivity index (χ2v) is 3.36. The first kappa shape index (κ1) is 12.0. The summed E-state index contributed by atoms with van der Waals surface area (Å²) in [6, 6.07) is 6.84. The molecule has 0 saturated carbocycles. The number of nitrogens with one attached hydrogen (secondary N) is 1. The van der Waals surface area contributed by atoms with E-state index >= 15 is 0 Å². The third kappa shape index (κ3) is 3.27. The Kier molecular flexibility index (Phi) is 4.32. The molecule has 4 N–H and O–H groups in total. The van der Waals surface area contributed by atoms with Crippen molar-refractivity contribution in [3.05, 3.63) is 29.8 Å². The molecule has 0 fully saturated rings. The molecular formula is C11H15N3O2. The van der Waals surface area contributed by atoms with E-state index in [1.165, 1.54) is 0 Å². The Hall–Kier alpha value is -2.04. The van der Waals surface area contributed by atoms with Crippen LogP contribution in [0.25, 0.3) is 0 Å². The molecule has 0 aromatic heterocycles. The average molecular weight is 221 g/mol. The molecule has 0 atom stereocenters. The van der Waals surface area contributed by atoms with Crippen LogP contribution in [0.15, 0.2) is 29.4 Å². The molecule has 86 valence electrons. The van der Waals surface area contributed by atoms with E-state index in [2.05, 4.69) is 10.5 Å². The molecular weight excluding hydrogens is 206 g/mol. The van der Waals surface area contributed by atoms with Crippen LogP contribution in [0.3, 0.4) is 0 Å². The number of amidine groups is 1. The molecule has 0 aliphatic carbocycles. The van der Waals surface area contributed by atoms with Crippen LogP contribution in [0.5, 0.6) is 0 Å². The molecule has 1 amide bonds. The fourth-order valence-electron chi connectivity index (χ4n) is 1.26. The Morgan fingerprint density at radius 1 is 1.56 bits per heavy atom. The topological polar surface area (TPSA) is 87.7 Å². The Balaban J connectivity index is 2.79. The number of nitrogens with two attached hydrogens (primary N) is 1. The Bertz CT molecular complexity index is 402. The first-order valence-corrected chi connectivity index (χ1v) is 5.05. The number of anilines is 1. The maximum atomic E-state index is 11.3. The number of nitrogens with zero attached hydrogens (tertiary/aromatic N) is 1. The van der Waals surface area contributed by atoms with E-state index in [0.717, 1.165) is 6.42 Å². The summed E-state index contributed by atoms with van der Waals surface area (Å²) in [4.78, 5) is 11.3. The Morgan fingerprint density at radius 2 is 2.31 bits per heavy atom. The van der Waals surface area contributed by atoms with Gasteiger partial charge in [-0.15, -0.1) is 0 Å². The highest BCUT2D eigenvalue weighted by Crippen LogP contribution is 2.11. The fourth-order valence-corrected chi connectivity index (χ4v) is 1.26. The Labute approximate surface area is 94.0 Å². The van der Waals surface area contributed by atoms with E-state index < -0.39 is 0 Å². The maximum Gasteiger partial charge on any atom is 0.224 e. The van der Waals surface area contributed by atoms with Crippen LogP contribution in [0.4, 0.5) is 5.69 Å². The summed E-state index contributed by atoms with van der Waals surface area (Å²) in [5, 5.41) is 14.1. The number of carbonyl (C=O) groups is 1. The van der Waals surface area contributed by atoms with E-state index in [0.29, 0.717) is 17.7 Å². The van der Waals surface area contributed by atoms with Gasteiger partial charge in [-0.1, -0.05) is 24.2 Å². The van der Waals surface area contributed by atoms with Crippen molar-refractivity contribution >= 4 is 17.4 Å². The summed E-state index contributed by atoms with van der Waals surface area (Å²) < 4.78 is 0. The van der Waals surface area contributed by atoms with Crippen LogP contribution in [0.2, 0.25) is 0 Å². The number of hydrogen-bond donors (Lipinski definition) is 3. The molecule has 0 unspecified atom stereocenters. The minimum atomic E-state index is -0.0424. The monoisotopic (exact) mass is 221 g/mol. The van der Waals surface area contributed by atoms with Crippen molar-refractivity contribution < 1.29 is 10.0 Å². The molecule has 16 heavy (non-hydrogen) atoms. The standard InChI is InChI=1S/C11H15N3O2/c1-2-4-10(15)13-9-6-3-5-8(7-9)11(12)14-16/h3,5-7,16H,2,4H2,1H3,(H2,12,14)(H,13,15). The van der Waals surface area contributed by atoms with Crippen molar-refractivity contribution in [2.75, 3.05) is 5.32 Å². The number of benzene rings is 1. The van der Waals surface area contributed by atoms with E-state index in [9.17, 15) is 4.79 Å². The van der Waals surface area contributed by atoms with E-state index in [4.69, 9.17) is 10.9 Å². The van der Waals surface area contributed by atoms with Gasteiger partial charge in [0.05, 0.1) is 0 Å². The lowest BCUT2D eigenvalue weighted by Gasteiger charge is -2.05. The molecule has 1 aromatic carbocycles. The quantitative estimate of drug-likeness (QED) is 0.312. The van der Waals surface area contributed by atoms with Gasteiger partial charge in [0.15, 0.2) is 5.84 Å². The first-order valence-electron chi connectivity index (χ1n) is 5.05. The fraction of sp³-hybridized carbons (Fsp3) is 0.273. The number of amides is 1. The third-order valence-corrected chi connectivity index (χ3v) is 2.03. The normalized spacial score (nSPS) is 11.2. The predicted molar refractivity (Wildman–Crippen MR) is 62.5 cm³/mol. The molecule has 0 aliphatic rings. The zero-order chi connectivity index (χ0) is 12.0. The number of carbonyl (C=O) groups excluding carboxylic acids is 1. The summed E-state index contributed by atoms with van der Waals surface area (Å²) in [6.45, 7) is 1.94. The van der Waals surface area contributed by atoms with Gasteiger partial charge in [0.25, 0.3) is 0 Å². The molecule has 0 saturated heterocycles. The van der Waals surface area contributed by atoms with Gasteiger partial charge in [-0.3, -0.25) is 4.79 Å². The van der Waals surface area contributed by atoms with E-state index in [1.54, 1.807) is 24.3 Å². The number of rotatable bonds is 4. The van der Waals surface area contributed by atoms with Crippen molar-refractivity contribution in [3.8, 4) is 0 Å². The summed E-state index contributed by atoms with van der Waals surface area (Å²) in [7, 11) is 0. The lowest BCUT2D eigenvalue weighted by atomic mass is 10.2. The number of hydrogen-bond acceptors (Lipinski definition) is 3. The van der Waals surface area contributed by atoms with Crippen LogP contribution in [0, 0.1) is 0 Å². The minimum absolute atomic E-state index is 0.0200. The third-order valence-electron chi connectivity index (χ3n) is 2.03. The molecule has 0 bridgehead atoms. The molecule has 0 radical (unpaired) electrons. The zero-order valence-electron chi connectivity index (χ0n) is 9.10. The minimum Gasteiger partial charge on any atom is -0.409 e. The molecule has 0 aliphatic heterocycles. The molecule has 1 aromatic rings. The highest BCUT2D eigenvalue weighted by Gasteiger charge is 2.03. The van der Waals surface area contributed by atoms with Crippen LogP contribution >= 0.6 is 0 Å².